The van der Waals surface area contributed by atoms with Crippen LogP contribution in [0.5, 0.6) is 0 Å². The fourth-order valence-electron chi connectivity index (χ4n) is 4.03. The van der Waals surface area contributed by atoms with Crippen LogP contribution < -0.4 is 0 Å². The van der Waals surface area contributed by atoms with Crippen LogP contribution in [0.3, 0.4) is 0 Å². The summed E-state index contributed by atoms with van der Waals surface area (Å²) in [5.41, 5.74) is 9.59. The molecular formula is C28H19IrN2O2-. The Morgan fingerprint density at radius 1 is 0.848 bits per heavy atom. The second-order valence-electron chi connectivity index (χ2n) is 7.60. The second-order valence-corrected chi connectivity index (χ2v) is 7.60. The third kappa shape index (κ3) is 4.34. The molecule has 1 aliphatic carbocycles. The van der Waals surface area contributed by atoms with Crippen molar-refractivity contribution in [2.24, 2.45) is 0 Å². The van der Waals surface area contributed by atoms with E-state index in [4.69, 9.17) is 10.1 Å². The van der Waals surface area contributed by atoms with Crippen molar-refractivity contribution in [1.82, 2.24) is 9.97 Å². The van der Waals surface area contributed by atoms with Gasteiger partial charge in [-0.3, -0.25) is 4.98 Å². The maximum Gasteiger partial charge on any atom is 0.354 e. The van der Waals surface area contributed by atoms with Gasteiger partial charge in [-0.05, 0) is 46.1 Å². The molecule has 0 bridgehead atoms. The van der Waals surface area contributed by atoms with Crippen molar-refractivity contribution in [1.29, 1.82) is 0 Å². The van der Waals surface area contributed by atoms with Crippen molar-refractivity contribution in [2.45, 2.75) is 6.92 Å². The van der Waals surface area contributed by atoms with Crippen LogP contribution in [0.25, 0.3) is 44.4 Å². The van der Waals surface area contributed by atoms with E-state index in [2.05, 4.69) is 78.6 Å². The molecule has 0 atom stereocenters. The molecule has 0 amide bonds. The first-order valence-electron chi connectivity index (χ1n) is 10.3. The van der Waals surface area contributed by atoms with Gasteiger partial charge >= 0.3 is 5.97 Å². The number of carboxylic acids is 1. The van der Waals surface area contributed by atoms with Gasteiger partial charge in [0.1, 0.15) is 5.69 Å². The van der Waals surface area contributed by atoms with Gasteiger partial charge in [0.15, 0.2) is 0 Å². The van der Waals surface area contributed by atoms with E-state index in [0.717, 1.165) is 16.8 Å². The Bertz CT molecular complexity index is 1470. The van der Waals surface area contributed by atoms with Crippen molar-refractivity contribution in [3.8, 4) is 33.5 Å². The summed E-state index contributed by atoms with van der Waals surface area (Å²) in [7, 11) is 0. The predicted octanol–water partition coefficient (Wildman–Crippen LogP) is 6.44. The predicted molar refractivity (Wildman–Crippen MR) is 126 cm³/mol. The molecular weight excluding hydrogens is 589 g/mol. The van der Waals surface area contributed by atoms with Gasteiger partial charge in [-0.2, -0.15) is 0 Å². The Hall–Kier alpha value is -3.66. The van der Waals surface area contributed by atoms with Crippen LogP contribution in [0, 0.1) is 13.0 Å². The molecule has 0 unspecified atom stereocenters. The van der Waals surface area contributed by atoms with Crippen LogP contribution in [0.2, 0.25) is 0 Å². The molecule has 2 aromatic heterocycles. The third-order valence-corrected chi connectivity index (χ3v) is 5.46. The number of aryl methyl sites for hydroxylation is 1. The minimum Gasteiger partial charge on any atom is -0.477 e. The number of fused-ring (bicyclic) bond motifs is 3. The van der Waals surface area contributed by atoms with Gasteiger partial charge in [-0.15, -0.1) is 35.4 Å². The number of hydrogen-bond acceptors (Lipinski definition) is 3. The number of carboxylic acid groups (broad SMARTS) is 1. The number of aromatic nitrogens is 2. The molecule has 0 saturated heterocycles. The number of benzene rings is 3. The summed E-state index contributed by atoms with van der Waals surface area (Å²) in [4.78, 5) is 18.6. The van der Waals surface area contributed by atoms with Crippen molar-refractivity contribution >= 4 is 16.9 Å². The standard InChI is InChI=1S/C22H14N.C6H5NO2.Ir/c1-14-6-4-7-15(12-14)21-13-19-17-9-3-2-8-16(17)18-10-5-11-20(23-21)22(18)19;8-6(9)5-3-1-2-4-7-5;/h2-6,8-13H,1H3;1-4H,(H,8,9);/q-1;;. The fourth-order valence-corrected chi connectivity index (χ4v) is 4.03. The topological polar surface area (TPSA) is 63.1 Å². The maximum atomic E-state index is 10.1. The van der Waals surface area contributed by atoms with Gasteiger partial charge in [-0.1, -0.05) is 55.5 Å². The van der Waals surface area contributed by atoms with Gasteiger partial charge in [0.05, 0.1) is 5.52 Å². The average Bonchev–Trinajstić information content (AvgIpc) is 3.15. The molecule has 0 spiro atoms. The van der Waals surface area contributed by atoms with Crippen LogP contribution in [-0.2, 0) is 20.1 Å². The molecule has 5 aromatic rings. The molecule has 5 heteroatoms. The second kappa shape index (κ2) is 9.45. The van der Waals surface area contributed by atoms with Crippen LogP contribution in [0.15, 0.2) is 91.1 Å². The van der Waals surface area contributed by atoms with Crippen molar-refractivity contribution in [3.63, 3.8) is 0 Å². The maximum absolute atomic E-state index is 10.1. The molecule has 163 valence electrons. The van der Waals surface area contributed by atoms with E-state index in [1.54, 1.807) is 12.1 Å². The van der Waals surface area contributed by atoms with Gasteiger partial charge in [-0.25, -0.2) is 9.78 Å². The summed E-state index contributed by atoms with van der Waals surface area (Å²) in [5, 5.41) is 9.59. The van der Waals surface area contributed by atoms with E-state index >= 15 is 0 Å². The summed E-state index contributed by atoms with van der Waals surface area (Å²) in [6.07, 6.45) is 1.45. The summed E-state index contributed by atoms with van der Waals surface area (Å²) >= 11 is 0. The SMILES string of the molecule is Cc1cc[c-]c(-c2cc3c4c(cccc4n2)-c2ccccc2-3)c1.O=C(O)c1ccccn1.[Ir]. The number of hydrogen-bond donors (Lipinski definition) is 1. The number of carbonyl (C=O) groups is 1. The molecule has 33 heavy (non-hydrogen) atoms. The van der Waals surface area contributed by atoms with Crippen molar-refractivity contribution < 1.29 is 30.0 Å². The van der Waals surface area contributed by atoms with Crippen LogP contribution >= 0.6 is 0 Å². The Morgan fingerprint density at radius 3 is 2.24 bits per heavy atom. The first-order chi connectivity index (χ1) is 15.6. The van der Waals surface area contributed by atoms with Crippen LogP contribution in [-0.4, -0.2) is 21.0 Å². The normalized spacial score (nSPS) is 10.6. The number of pyridine rings is 2. The quantitative estimate of drug-likeness (QED) is 0.231. The first-order valence-corrected chi connectivity index (χ1v) is 10.3. The van der Waals surface area contributed by atoms with Gasteiger partial charge in [0.25, 0.3) is 0 Å². The third-order valence-electron chi connectivity index (χ3n) is 5.46. The summed E-state index contributed by atoms with van der Waals surface area (Å²) in [6, 6.07) is 31.5. The molecule has 1 aliphatic rings. The molecule has 3 aromatic carbocycles. The van der Waals surface area contributed by atoms with E-state index in [9.17, 15) is 4.79 Å². The number of rotatable bonds is 2. The summed E-state index contributed by atoms with van der Waals surface area (Å²) in [6.45, 7) is 2.10. The zero-order chi connectivity index (χ0) is 22.1. The van der Waals surface area contributed by atoms with Crippen LogP contribution in [0.1, 0.15) is 16.1 Å². The zero-order valence-electron chi connectivity index (χ0n) is 17.7. The molecule has 2 heterocycles. The van der Waals surface area contributed by atoms with Crippen molar-refractivity contribution in [3.05, 3.63) is 108 Å². The molecule has 4 nitrogen and oxygen atoms in total. The summed E-state index contributed by atoms with van der Waals surface area (Å²) in [5.74, 6) is -0.990. The largest absolute Gasteiger partial charge is 0.477 e. The Labute approximate surface area is 205 Å². The molecule has 0 aliphatic heterocycles. The zero-order valence-corrected chi connectivity index (χ0v) is 20.1. The molecule has 0 fully saturated rings. The van der Waals surface area contributed by atoms with E-state index < -0.39 is 5.97 Å². The number of nitrogens with zero attached hydrogens (tertiary/aromatic N) is 2. The van der Waals surface area contributed by atoms with Crippen molar-refractivity contribution in [2.75, 3.05) is 0 Å². The molecule has 1 radical (unpaired) electrons. The Morgan fingerprint density at radius 2 is 1.58 bits per heavy atom. The van der Waals surface area contributed by atoms with Crippen LogP contribution in [0.4, 0.5) is 0 Å². The molecule has 1 N–H and O–H groups in total. The fraction of sp³-hybridized carbons (Fsp3) is 0.0357. The van der Waals surface area contributed by atoms with E-state index in [1.165, 1.54) is 45.5 Å². The minimum atomic E-state index is -0.990. The number of aromatic carboxylic acids is 1. The van der Waals surface area contributed by atoms with E-state index in [-0.39, 0.29) is 25.8 Å². The van der Waals surface area contributed by atoms with Gasteiger partial charge in [0.2, 0.25) is 0 Å². The summed E-state index contributed by atoms with van der Waals surface area (Å²) < 4.78 is 0. The molecule has 0 saturated carbocycles. The van der Waals surface area contributed by atoms with E-state index in [1.807, 2.05) is 6.07 Å². The smallest absolute Gasteiger partial charge is 0.354 e. The Kier molecular flexibility index (Phi) is 6.45. The minimum absolute atomic E-state index is 0. The van der Waals surface area contributed by atoms with Gasteiger partial charge < -0.3 is 5.11 Å². The Balaban J connectivity index is 0.000000221. The van der Waals surface area contributed by atoms with Gasteiger partial charge in [0, 0.05) is 31.7 Å². The first kappa shape index (κ1) is 22.5. The monoisotopic (exact) mass is 608 g/mol. The molecule has 6 rings (SSSR count). The van der Waals surface area contributed by atoms with E-state index in [0.29, 0.717) is 0 Å². The average molecular weight is 608 g/mol.